The molecule has 0 aliphatic rings. The molecule has 1 rings (SSSR count). The van der Waals surface area contributed by atoms with Crippen molar-refractivity contribution in [2.75, 3.05) is 13.1 Å². The Labute approximate surface area is 86.5 Å². The lowest BCUT2D eigenvalue weighted by atomic mass is 10.0. The molecule has 0 saturated heterocycles. The number of aryl methyl sites for hydroxylation is 2. The molecule has 14 heavy (non-hydrogen) atoms. The number of likely N-dealkylation sites (N-methyl/N-ethyl adjacent to an activating group) is 1. The van der Waals surface area contributed by atoms with Crippen LogP contribution in [0.25, 0.3) is 0 Å². The summed E-state index contributed by atoms with van der Waals surface area (Å²) in [7, 11) is 0. The van der Waals surface area contributed by atoms with Crippen molar-refractivity contribution >= 4 is 0 Å². The predicted octanol–water partition coefficient (Wildman–Crippen LogP) is 1.91. The zero-order valence-corrected chi connectivity index (χ0v) is 9.30. The van der Waals surface area contributed by atoms with Crippen LogP contribution >= 0.6 is 0 Å². The molecule has 0 heterocycles. The minimum Gasteiger partial charge on any atom is -0.329 e. The average molecular weight is 192 g/mol. The van der Waals surface area contributed by atoms with Crippen LogP contribution in [0.5, 0.6) is 0 Å². The number of nitrogens with one attached hydrogen (secondary N) is 1. The van der Waals surface area contributed by atoms with Gasteiger partial charge in [-0.2, -0.15) is 0 Å². The zero-order valence-electron chi connectivity index (χ0n) is 9.30. The van der Waals surface area contributed by atoms with Crippen LogP contribution < -0.4 is 11.1 Å². The molecule has 0 amide bonds. The van der Waals surface area contributed by atoms with Gasteiger partial charge in [-0.1, -0.05) is 25.1 Å². The third-order valence-corrected chi connectivity index (χ3v) is 2.62. The van der Waals surface area contributed by atoms with Crippen molar-refractivity contribution in [1.29, 1.82) is 0 Å². The molecule has 0 spiro atoms. The van der Waals surface area contributed by atoms with Crippen LogP contribution in [0, 0.1) is 13.8 Å². The maximum absolute atomic E-state index is 5.72. The van der Waals surface area contributed by atoms with E-state index in [1.165, 1.54) is 16.7 Å². The highest BCUT2D eigenvalue weighted by Crippen LogP contribution is 2.16. The number of hydrogen-bond donors (Lipinski definition) is 2. The number of benzene rings is 1. The van der Waals surface area contributed by atoms with Gasteiger partial charge >= 0.3 is 0 Å². The smallest absolute Gasteiger partial charge is 0.0444 e. The Hall–Kier alpha value is -0.860. The standard InChI is InChI=1S/C12H20N2/c1-4-14-12(8-13)11-6-5-9(2)10(3)7-11/h5-7,12,14H,4,8,13H2,1-3H3. The first-order valence-corrected chi connectivity index (χ1v) is 5.19. The molecule has 0 saturated carbocycles. The van der Waals surface area contributed by atoms with E-state index in [0.717, 1.165) is 6.54 Å². The summed E-state index contributed by atoms with van der Waals surface area (Å²) in [6.07, 6.45) is 0. The second-order valence-electron chi connectivity index (χ2n) is 3.69. The van der Waals surface area contributed by atoms with Crippen LogP contribution in [-0.2, 0) is 0 Å². The van der Waals surface area contributed by atoms with Gasteiger partial charge in [0, 0.05) is 12.6 Å². The van der Waals surface area contributed by atoms with E-state index >= 15 is 0 Å². The molecule has 0 radical (unpaired) electrons. The number of nitrogens with two attached hydrogens (primary N) is 1. The normalized spacial score (nSPS) is 12.9. The topological polar surface area (TPSA) is 38.0 Å². The van der Waals surface area contributed by atoms with Crippen molar-refractivity contribution < 1.29 is 0 Å². The SMILES string of the molecule is CCNC(CN)c1ccc(C)c(C)c1. The van der Waals surface area contributed by atoms with E-state index in [0.29, 0.717) is 12.6 Å². The summed E-state index contributed by atoms with van der Waals surface area (Å²) in [6.45, 7) is 7.97. The molecular weight excluding hydrogens is 172 g/mol. The number of hydrogen-bond acceptors (Lipinski definition) is 2. The zero-order chi connectivity index (χ0) is 10.6. The summed E-state index contributed by atoms with van der Waals surface area (Å²) in [4.78, 5) is 0. The Morgan fingerprint density at radius 1 is 1.29 bits per heavy atom. The monoisotopic (exact) mass is 192 g/mol. The van der Waals surface area contributed by atoms with E-state index in [9.17, 15) is 0 Å². The molecule has 3 N–H and O–H groups in total. The first-order chi connectivity index (χ1) is 6.69. The minimum absolute atomic E-state index is 0.291. The molecule has 2 heteroatoms. The molecule has 0 bridgehead atoms. The van der Waals surface area contributed by atoms with Crippen molar-refractivity contribution in [3.63, 3.8) is 0 Å². The summed E-state index contributed by atoms with van der Waals surface area (Å²) >= 11 is 0. The lowest BCUT2D eigenvalue weighted by Gasteiger charge is -2.17. The lowest BCUT2D eigenvalue weighted by Crippen LogP contribution is -2.27. The molecule has 78 valence electrons. The first kappa shape index (κ1) is 11.2. The summed E-state index contributed by atoms with van der Waals surface area (Å²) in [6, 6.07) is 6.82. The van der Waals surface area contributed by atoms with Gasteiger partial charge in [-0.05, 0) is 37.1 Å². The Bertz CT molecular complexity index is 294. The van der Waals surface area contributed by atoms with Crippen molar-refractivity contribution in [3.05, 3.63) is 34.9 Å². The molecule has 1 aromatic carbocycles. The fraction of sp³-hybridized carbons (Fsp3) is 0.500. The van der Waals surface area contributed by atoms with Gasteiger partial charge in [0.2, 0.25) is 0 Å². The summed E-state index contributed by atoms with van der Waals surface area (Å²) in [5, 5.41) is 3.37. The second-order valence-corrected chi connectivity index (χ2v) is 3.69. The molecule has 1 atom stereocenters. The largest absolute Gasteiger partial charge is 0.329 e. The van der Waals surface area contributed by atoms with E-state index < -0.39 is 0 Å². The Balaban J connectivity index is 2.88. The van der Waals surface area contributed by atoms with E-state index in [1.807, 2.05) is 0 Å². The fourth-order valence-corrected chi connectivity index (χ4v) is 1.57. The van der Waals surface area contributed by atoms with Gasteiger partial charge in [-0.3, -0.25) is 0 Å². The highest BCUT2D eigenvalue weighted by Gasteiger charge is 2.07. The molecule has 0 fully saturated rings. The van der Waals surface area contributed by atoms with Gasteiger partial charge in [0.05, 0.1) is 0 Å². The van der Waals surface area contributed by atoms with Gasteiger partial charge in [-0.15, -0.1) is 0 Å². The molecule has 0 aliphatic carbocycles. The fourth-order valence-electron chi connectivity index (χ4n) is 1.57. The molecule has 0 aliphatic heterocycles. The van der Waals surface area contributed by atoms with Crippen LogP contribution in [0.1, 0.15) is 29.7 Å². The summed E-state index contributed by atoms with van der Waals surface area (Å²) in [5.74, 6) is 0. The predicted molar refractivity (Wildman–Crippen MR) is 61.4 cm³/mol. The van der Waals surface area contributed by atoms with Gasteiger partial charge in [-0.25, -0.2) is 0 Å². The third-order valence-electron chi connectivity index (χ3n) is 2.62. The van der Waals surface area contributed by atoms with E-state index in [4.69, 9.17) is 5.73 Å². The highest BCUT2D eigenvalue weighted by molar-refractivity contribution is 5.31. The van der Waals surface area contributed by atoms with Gasteiger partial charge < -0.3 is 11.1 Å². The van der Waals surface area contributed by atoms with Crippen molar-refractivity contribution in [2.45, 2.75) is 26.8 Å². The van der Waals surface area contributed by atoms with Crippen molar-refractivity contribution in [3.8, 4) is 0 Å². The summed E-state index contributed by atoms with van der Waals surface area (Å²) in [5.41, 5.74) is 9.67. The maximum Gasteiger partial charge on any atom is 0.0444 e. The van der Waals surface area contributed by atoms with Crippen LogP contribution in [0.4, 0.5) is 0 Å². The lowest BCUT2D eigenvalue weighted by molar-refractivity contribution is 0.561. The first-order valence-electron chi connectivity index (χ1n) is 5.19. The second kappa shape index (κ2) is 5.13. The molecular formula is C12H20N2. The van der Waals surface area contributed by atoms with Crippen molar-refractivity contribution in [1.82, 2.24) is 5.32 Å². The quantitative estimate of drug-likeness (QED) is 0.765. The minimum atomic E-state index is 0.291. The van der Waals surface area contributed by atoms with Gasteiger partial charge in [0.1, 0.15) is 0 Å². The Morgan fingerprint density at radius 3 is 2.50 bits per heavy atom. The van der Waals surface area contributed by atoms with Crippen LogP contribution in [0.3, 0.4) is 0 Å². The van der Waals surface area contributed by atoms with Crippen LogP contribution in [-0.4, -0.2) is 13.1 Å². The molecule has 1 aromatic rings. The van der Waals surface area contributed by atoms with E-state index in [1.54, 1.807) is 0 Å². The Kier molecular flexibility index (Phi) is 4.11. The third kappa shape index (κ3) is 2.56. The molecule has 1 unspecified atom stereocenters. The molecule has 0 aromatic heterocycles. The van der Waals surface area contributed by atoms with Crippen LogP contribution in [0.15, 0.2) is 18.2 Å². The van der Waals surface area contributed by atoms with Crippen LogP contribution in [0.2, 0.25) is 0 Å². The highest BCUT2D eigenvalue weighted by atomic mass is 14.9. The Morgan fingerprint density at radius 2 is 2.00 bits per heavy atom. The summed E-state index contributed by atoms with van der Waals surface area (Å²) < 4.78 is 0. The maximum atomic E-state index is 5.72. The molecule has 2 nitrogen and oxygen atoms in total. The number of rotatable bonds is 4. The van der Waals surface area contributed by atoms with Gasteiger partial charge in [0.25, 0.3) is 0 Å². The average Bonchev–Trinajstić information content (AvgIpc) is 2.19. The van der Waals surface area contributed by atoms with E-state index in [2.05, 4.69) is 44.3 Å². The van der Waals surface area contributed by atoms with Gasteiger partial charge in [0.15, 0.2) is 0 Å². The van der Waals surface area contributed by atoms with E-state index in [-0.39, 0.29) is 0 Å². The van der Waals surface area contributed by atoms with Crippen molar-refractivity contribution in [2.24, 2.45) is 5.73 Å².